The van der Waals surface area contributed by atoms with Crippen molar-refractivity contribution in [1.29, 1.82) is 0 Å². The van der Waals surface area contributed by atoms with Gasteiger partial charge in [-0.25, -0.2) is 8.42 Å². The summed E-state index contributed by atoms with van der Waals surface area (Å²) in [5.74, 6) is 0. The number of rotatable bonds is 1. The minimum atomic E-state index is -3.90. The number of aromatic nitrogens is 1. The van der Waals surface area contributed by atoms with Crippen LogP contribution >= 0.6 is 22.3 Å². The van der Waals surface area contributed by atoms with Gasteiger partial charge >= 0.3 is 0 Å². The second-order valence-electron chi connectivity index (χ2n) is 3.05. The molecule has 2 rings (SSSR count). The molecule has 0 fully saturated rings. The quantitative estimate of drug-likeness (QED) is 0.809. The standard InChI is InChI=1S/C9H4Cl2NO3S/c10-6-4-7-5(1-2-9(13)12-7)3-8(6)16(11,14)15/h1,3-4H,(H,12,13). The second-order valence-corrected chi connectivity index (χ2v) is 5.99. The molecule has 0 aliphatic rings. The van der Waals surface area contributed by atoms with E-state index < -0.39 is 14.6 Å². The average Bonchev–Trinajstić information content (AvgIpc) is 2.14. The van der Waals surface area contributed by atoms with E-state index in [0.29, 0.717) is 10.9 Å². The number of halogens is 2. The number of nitrogens with one attached hydrogen (secondary N) is 1. The first-order valence-electron chi connectivity index (χ1n) is 4.07. The van der Waals surface area contributed by atoms with Crippen LogP contribution in [0.5, 0.6) is 0 Å². The first-order valence-corrected chi connectivity index (χ1v) is 6.75. The zero-order valence-corrected chi connectivity index (χ0v) is 9.95. The molecule has 1 N–H and O–H groups in total. The van der Waals surface area contributed by atoms with Gasteiger partial charge in [0.25, 0.3) is 14.6 Å². The largest absolute Gasteiger partial charge is 0.321 e. The zero-order chi connectivity index (χ0) is 11.9. The molecule has 0 saturated heterocycles. The summed E-state index contributed by atoms with van der Waals surface area (Å²) in [6.07, 6.45) is 0. The predicted octanol–water partition coefficient (Wildman–Crippen LogP) is 1.91. The number of hydrogen-bond donors (Lipinski definition) is 1. The molecule has 7 heteroatoms. The molecular weight excluding hydrogens is 273 g/mol. The normalized spacial score (nSPS) is 11.9. The summed E-state index contributed by atoms with van der Waals surface area (Å²) in [5, 5.41) is 0.451. The molecule has 0 saturated carbocycles. The number of pyridine rings is 1. The van der Waals surface area contributed by atoms with Gasteiger partial charge in [-0.05, 0) is 18.2 Å². The zero-order valence-electron chi connectivity index (χ0n) is 7.62. The van der Waals surface area contributed by atoms with Crippen LogP contribution in [-0.2, 0) is 9.05 Å². The summed E-state index contributed by atoms with van der Waals surface area (Å²) in [7, 11) is 1.30. The van der Waals surface area contributed by atoms with Crippen molar-refractivity contribution in [2.45, 2.75) is 4.90 Å². The van der Waals surface area contributed by atoms with Crippen molar-refractivity contribution in [3.8, 4) is 0 Å². The van der Waals surface area contributed by atoms with Crippen molar-refractivity contribution in [3.05, 3.63) is 39.6 Å². The highest BCUT2D eigenvalue weighted by Gasteiger charge is 2.15. The molecule has 0 atom stereocenters. The van der Waals surface area contributed by atoms with Crippen molar-refractivity contribution in [2.75, 3.05) is 0 Å². The third kappa shape index (κ3) is 2.07. The van der Waals surface area contributed by atoms with E-state index in [0.717, 1.165) is 0 Å². The summed E-state index contributed by atoms with van der Waals surface area (Å²) in [4.78, 5) is 13.3. The first-order chi connectivity index (χ1) is 7.38. The number of benzene rings is 1. The number of H-pyrrole nitrogens is 1. The van der Waals surface area contributed by atoms with Crippen LogP contribution in [0, 0.1) is 6.07 Å². The van der Waals surface area contributed by atoms with Gasteiger partial charge in [0.2, 0.25) is 0 Å². The Hall–Kier alpha value is -1.04. The van der Waals surface area contributed by atoms with Gasteiger partial charge < -0.3 is 4.98 Å². The first kappa shape index (κ1) is 11.4. The fourth-order valence-corrected chi connectivity index (χ4v) is 2.81. The highest BCUT2D eigenvalue weighted by atomic mass is 35.7. The molecule has 0 aliphatic carbocycles. The van der Waals surface area contributed by atoms with Crippen molar-refractivity contribution in [3.63, 3.8) is 0 Å². The van der Waals surface area contributed by atoms with Crippen LogP contribution < -0.4 is 5.56 Å². The van der Waals surface area contributed by atoms with Gasteiger partial charge in [-0.3, -0.25) is 4.79 Å². The fraction of sp³-hybridized carbons (Fsp3) is 0. The molecule has 0 aliphatic heterocycles. The second kappa shape index (κ2) is 3.76. The van der Waals surface area contributed by atoms with Crippen LogP contribution in [0.1, 0.15) is 0 Å². The molecule has 0 spiro atoms. The maximum atomic E-state index is 11.2. The summed E-state index contributed by atoms with van der Waals surface area (Å²) in [5.41, 5.74) is 0.0165. The summed E-state index contributed by atoms with van der Waals surface area (Å²) in [6.45, 7) is 0. The maximum absolute atomic E-state index is 11.2. The lowest BCUT2D eigenvalue weighted by Crippen LogP contribution is -2.03. The van der Waals surface area contributed by atoms with Gasteiger partial charge in [-0.2, -0.15) is 0 Å². The lowest BCUT2D eigenvalue weighted by atomic mass is 10.2. The minimum absolute atomic E-state index is 0.0376. The van der Waals surface area contributed by atoms with E-state index in [4.69, 9.17) is 22.3 Å². The van der Waals surface area contributed by atoms with E-state index in [2.05, 4.69) is 11.1 Å². The smallest absolute Gasteiger partial charge is 0.262 e. The van der Waals surface area contributed by atoms with Crippen molar-refractivity contribution >= 4 is 42.2 Å². The van der Waals surface area contributed by atoms with Crippen molar-refractivity contribution in [1.82, 2.24) is 4.98 Å². The third-order valence-corrected chi connectivity index (χ3v) is 3.76. The average molecular weight is 277 g/mol. The molecule has 4 nitrogen and oxygen atoms in total. The van der Waals surface area contributed by atoms with Crippen molar-refractivity contribution in [2.24, 2.45) is 0 Å². The van der Waals surface area contributed by atoms with Crippen molar-refractivity contribution < 1.29 is 8.42 Å². The number of aromatic amines is 1. The Morgan fingerprint density at radius 1 is 1.31 bits per heavy atom. The molecule has 1 radical (unpaired) electrons. The van der Waals surface area contributed by atoms with Crippen LogP contribution in [-0.4, -0.2) is 13.4 Å². The Labute approximate surface area is 100 Å². The maximum Gasteiger partial charge on any atom is 0.262 e. The lowest BCUT2D eigenvalue weighted by molar-refractivity contribution is 0.610. The van der Waals surface area contributed by atoms with Crippen LogP contribution in [0.3, 0.4) is 0 Å². The third-order valence-electron chi connectivity index (χ3n) is 1.97. The predicted molar refractivity (Wildman–Crippen MR) is 61.5 cm³/mol. The van der Waals surface area contributed by atoms with E-state index in [9.17, 15) is 13.2 Å². The molecular formula is C9H4Cl2NO3S. The fourth-order valence-electron chi connectivity index (χ4n) is 1.29. The van der Waals surface area contributed by atoms with Crippen LogP contribution in [0.4, 0.5) is 0 Å². The van der Waals surface area contributed by atoms with E-state index in [-0.39, 0.29) is 9.92 Å². The van der Waals surface area contributed by atoms with Gasteiger partial charge in [0.05, 0.1) is 11.1 Å². The molecule has 1 heterocycles. The van der Waals surface area contributed by atoms with E-state index in [1.165, 1.54) is 18.2 Å². The van der Waals surface area contributed by atoms with Gasteiger partial charge in [0, 0.05) is 21.6 Å². The summed E-state index contributed by atoms with van der Waals surface area (Å²) < 4.78 is 22.3. The molecule has 83 valence electrons. The molecule has 2 aromatic rings. The Morgan fingerprint density at radius 3 is 2.62 bits per heavy atom. The van der Waals surface area contributed by atoms with Crippen LogP contribution in [0.15, 0.2) is 27.9 Å². The number of fused-ring (bicyclic) bond motifs is 1. The Kier molecular flexibility index (Phi) is 2.69. The number of hydrogen-bond acceptors (Lipinski definition) is 3. The SMILES string of the molecule is O=c1[c]cc2cc(S(=O)(=O)Cl)c(Cl)cc2[nH]1. The molecule has 0 unspecified atom stereocenters. The van der Waals surface area contributed by atoms with Crippen LogP contribution in [0.2, 0.25) is 5.02 Å². The van der Waals surface area contributed by atoms with E-state index >= 15 is 0 Å². The highest BCUT2D eigenvalue weighted by Crippen LogP contribution is 2.28. The van der Waals surface area contributed by atoms with E-state index in [1.807, 2.05) is 0 Å². The monoisotopic (exact) mass is 276 g/mol. The molecule has 0 amide bonds. The Balaban J connectivity index is 2.88. The molecule has 16 heavy (non-hydrogen) atoms. The lowest BCUT2D eigenvalue weighted by Gasteiger charge is -2.02. The Morgan fingerprint density at radius 2 is 2.00 bits per heavy atom. The van der Waals surface area contributed by atoms with Crippen LogP contribution in [0.25, 0.3) is 10.9 Å². The highest BCUT2D eigenvalue weighted by molar-refractivity contribution is 8.13. The summed E-state index contributed by atoms with van der Waals surface area (Å²) in [6, 6.07) is 6.37. The van der Waals surface area contributed by atoms with Gasteiger partial charge in [0.1, 0.15) is 4.90 Å². The van der Waals surface area contributed by atoms with Gasteiger partial charge in [-0.1, -0.05) is 11.6 Å². The summed E-state index contributed by atoms with van der Waals surface area (Å²) >= 11 is 5.74. The Bertz CT molecular complexity index is 721. The molecule has 1 aromatic heterocycles. The molecule has 1 aromatic carbocycles. The van der Waals surface area contributed by atoms with Gasteiger partial charge in [0.15, 0.2) is 0 Å². The molecule has 0 bridgehead atoms. The topological polar surface area (TPSA) is 67.0 Å². The van der Waals surface area contributed by atoms with Gasteiger partial charge in [-0.15, -0.1) is 0 Å². The van der Waals surface area contributed by atoms with E-state index in [1.54, 1.807) is 0 Å². The minimum Gasteiger partial charge on any atom is -0.321 e.